The van der Waals surface area contributed by atoms with Crippen LogP contribution in [0.5, 0.6) is 0 Å². The molecule has 0 aromatic heterocycles. The molecule has 7 heavy (non-hydrogen) atoms. The minimum absolute atomic E-state index is 0.181. The Morgan fingerprint density at radius 2 is 2.43 bits per heavy atom. The second kappa shape index (κ2) is 1.78. The Balaban J connectivity index is 2.33. The Kier molecular flexibility index (Phi) is 1.27. The lowest BCUT2D eigenvalue weighted by Gasteiger charge is -2.05. The Morgan fingerprint density at radius 1 is 1.71 bits per heavy atom. The van der Waals surface area contributed by atoms with Gasteiger partial charge in [0.15, 0.2) is 0 Å². The summed E-state index contributed by atoms with van der Waals surface area (Å²) in [5.74, 6) is 0. The Bertz CT molecular complexity index is 58.7. The molecular weight excluding hydrogens is 92.1 g/mol. The zero-order chi connectivity index (χ0) is 5.28. The third-order valence-electron chi connectivity index (χ3n) is 1.23. The maximum Gasteiger partial charge on any atom is 0.0834 e. The Hall–Kier alpha value is -0.120. The highest BCUT2D eigenvalue weighted by atomic mass is 16.3. The van der Waals surface area contributed by atoms with E-state index in [-0.39, 0.29) is 12.3 Å². The summed E-state index contributed by atoms with van der Waals surface area (Å²) in [7, 11) is 0. The highest BCUT2D eigenvalue weighted by Gasteiger charge is 2.19. The first-order chi connectivity index (χ1) is 3.30. The summed E-state index contributed by atoms with van der Waals surface area (Å²) >= 11 is 0. The molecule has 1 rings (SSSR count). The van der Waals surface area contributed by atoms with Gasteiger partial charge in [-0.05, 0) is 13.0 Å². The highest BCUT2D eigenvalue weighted by molar-refractivity contribution is 4.77. The fourth-order valence-electron chi connectivity index (χ4n) is 0.713. The van der Waals surface area contributed by atoms with E-state index in [1.54, 1.807) is 0 Å². The van der Waals surface area contributed by atoms with Crippen molar-refractivity contribution in [3.8, 4) is 0 Å². The van der Waals surface area contributed by atoms with Crippen LogP contribution >= 0.6 is 0 Å². The van der Waals surface area contributed by atoms with Gasteiger partial charge in [-0.2, -0.15) is 0 Å². The molecule has 2 atom stereocenters. The van der Waals surface area contributed by atoms with Crippen LogP contribution in [0.4, 0.5) is 0 Å². The van der Waals surface area contributed by atoms with Gasteiger partial charge in [0.05, 0.1) is 12.3 Å². The van der Waals surface area contributed by atoms with Crippen molar-refractivity contribution in [2.24, 2.45) is 5.73 Å². The van der Waals surface area contributed by atoms with Crippen molar-refractivity contribution >= 4 is 0 Å². The summed E-state index contributed by atoms with van der Waals surface area (Å²) in [4.78, 5) is 0. The van der Waals surface area contributed by atoms with Gasteiger partial charge in [0, 0.05) is 0 Å². The van der Waals surface area contributed by atoms with Crippen LogP contribution < -0.4 is 11.1 Å². The summed E-state index contributed by atoms with van der Waals surface area (Å²) in [6.07, 6.45) is 0.293. The smallest absolute Gasteiger partial charge is 0.0834 e. The number of aliphatic hydroxyl groups excluding tert-OH is 1. The standard InChI is InChI=1S/C4H10N2O/c5-4-3(7)1-2-6-4/h3-4,6-7H,1-2,5H2. The van der Waals surface area contributed by atoms with Crippen molar-refractivity contribution in [1.29, 1.82) is 0 Å². The van der Waals surface area contributed by atoms with Gasteiger partial charge in [0.25, 0.3) is 0 Å². The molecule has 0 radical (unpaired) electrons. The van der Waals surface area contributed by atoms with Crippen LogP contribution in [0.1, 0.15) is 6.42 Å². The molecule has 1 saturated heterocycles. The fraction of sp³-hybridized carbons (Fsp3) is 1.00. The Labute approximate surface area is 42.5 Å². The largest absolute Gasteiger partial charge is 0.390 e. The maximum absolute atomic E-state index is 8.81. The first-order valence-corrected chi connectivity index (χ1v) is 2.48. The van der Waals surface area contributed by atoms with Crippen LogP contribution in [0, 0.1) is 0 Å². The topological polar surface area (TPSA) is 58.3 Å². The molecular formula is C4H10N2O. The van der Waals surface area contributed by atoms with E-state index < -0.39 is 0 Å². The van der Waals surface area contributed by atoms with E-state index in [0.717, 1.165) is 13.0 Å². The predicted molar refractivity (Wildman–Crippen MR) is 26.6 cm³/mol. The molecule has 0 aromatic rings. The first-order valence-electron chi connectivity index (χ1n) is 2.48. The summed E-state index contributed by atoms with van der Waals surface area (Å²) in [6, 6.07) is 0. The van der Waals surface area contributed by atoms with Crippen LogP contribution in [0.2, 0.25) is 0 Å². The van der Waals surface area contributed by atoms with E-state index in [9.17, 15) is 0 Å². The van der Waals surface area contributed by atoms with E-state index >= 15 is 0 Å². The second-order valence-corrected chi connectivity index (χ2v) is 1.84. The third kappa shape index (κ3) is 0.907. The average molecular weight is 102 g/mol. The molecule has 3 heteroatoms. The number of rotatable bonds is 0. The van der Waals surface area contributed by atoms with Crippen molar-refractivity contribution in [2.75, 3.05) is 6.54 Å². The van der Waals surface area contributed by atoms with Crippen molar-refractivity contribution in [1.82, 2.24) is 5.32 Å². The SMILES string of the molecule is NC1NCCC1O. The van der Waals surface area contributed by atoms with Crippen LogP contribution in [-0.2, 0) is 0 Å². The number of aliphatic hydroxyl groups is 1. The lowest BCUT2D eigenvalue weighted by molar-refractivity contribution is 0.161. The summed E-state index contributed by atoms with van der Waals surface area (Å²) in [5.41, 5.74) is 5.32. The highest BCUT2D eigenvalue weighted by Crippen LogP contribution is 1.99. The number of nitrogens with two attached hydrogens (primary N) is 1. The van der Waals surface area contributed by atoms with Crippen LogP contribution in [0.25, 0.3) is 0 Å². The zero-order valence-electron chi connectivity index (χ0n) is 4.09. The molecule has 1 heterocycles. The molecule has 0 aromatic carbocycles. The van der Waals surface area contributed by atoms with Gasteiger partial charge in [-0.25, -0.2) is 0 Å². The lowest BCUT2D eigenvalue weighted by atomic mass is 10.3. The van der Waals surface area contributed by atoms with Gasteiger partial charge in [-0.1, -0.05) is 0 Å². The van der Waals surface area contributed by atoms with Gasteiger partial charge < -0.3 is 10.8 Å². The molecule has 0 saturated carbocycles. The van der Waals surface area contributed by atoms with Crippen molar-refractivity contribution in [3.63, 3.8) is 0 Å². The summed E-state index contributed by atoms with van der Waals surface area (Å²) in [6.45, 7) is 0.850. The van der Waals surface area contributed by atoms with E-state index in [1.165, 1.54) is 0 Å². The number of nitrogens with one attached hydrogen (secondary N) is 1. The fourth-order valence-corrected chi connectivity index (χ4v) is 0.713. The molecule has 0 bridgehead atoms. The zero-order valence-corrected chi connectivity index (χ0v) is 4.09. The maximum atomic E-state index is 8.81. The monoisotopic (exact) mass is 102 g/mol. The molecule has 3 nitrogen and oxygen atoms in total. The van der Waals surface area contributed by atoms with Gasteiger partial charge in [0.1, 0.15) is 0 Å². The minimum Gasteiger partial charge on any atom is -0.390 e. The van der Waals surface area contributed by atoms with Gasteiger partial charge in [-0.15, -0.1) is 0 Å². The molecule has 4 N–H and O–H groups in total. The van der Waals surface area contributed by atoms with Crippen molar-refractivity contribution < 1.29 is 5.11 Å². The van der Waals surface area contributed by atoms with E-state index in [0.29, 0.717) is 0 Å². The van der Waals surface area contributed by atoms with Gasteiger partial charge >= 0.3 is 0 Å². The van der Waals surface area contributed by atoms with Crippen LogP contribution in [-0.4, -0.2) is 23.9 Å². The second-order valence-electron chi connectivity index (χ2n) is 1.84. The molecule has 1 fully saturated rings. The number of hydrogen-bond donors (Lipinski definition) is 3. The van der Waals surface area contributed by atoms with Gasteiger partial charge in [0.2, 0.25) is 0 Å². The summed E-state index contributed by atoms with van der Waals surface area (Å²) in [5, 5.41) is 11.7. The van der Waals surface area contributed by atoms with Crippen molar-refractivity contribution in [3.05, 3.63) is 0 Å². The van der Waals surface area contributed by atoms with Crippen LogP contribution in [0.15, 0.2) is 0 Å². The molecule has 0 spiro atoms. The number of hydrogen-bond acceptors (Lipinski definition) is 3. The normalized spacial score (nSPS) is 42.0. The van der Waals surface area contributed by atoms with Gasteiger partial charge in [-0.3, -0.25) is 5.32 Å². The molecule has 1 aliphatic heterocycles. The molecule has 0 amide bonds. The average Bonchev–Trinajstić information content (AvgIpc) is 1.91. The van der Waals surface area contributed by atoms with Crippen molar-refractivity contribution in [2.45, 2.75) is 18.7 Å². The third-order valence-corrected chi connectivity index (χ3v) is 1.23. The molecule has 0 aliphatic carbocycles. The molecule has 1 aliphatic rings. The molecule has 2 unspecified atom stereocenters. The van der Waals surface area contributed by atoms with Crippen LogP contribution in [0.3, 0.4) is 0 Å². The van der Waals surface area contributed by atoms with E-state index in [2.05, 4.69) is 5.32 Å². The quantitative estimate of drug-likeness (QED) is 0.353. The lowest BCUT2D eigenvalue weighted by Crippen LogP contribution is -2.38. The first kappa shape index (κ1) is 5.03. The predicted octanol–water partition coefficient (Wildman–Crippen LogP) is -1.37. The van der Waals surface area contributed by atoms with E-state index in [4.69, 9.17) is 10.8 Å². The molecule has 42 valence electrons. The minimum atomic E-state index is -0.319. The summed E-state index contributed by atoms with van der Waals surface area (Å²) < 4.78 is 0. The van der Waals surface area contributed by atoms with E-state index in [1.807, 2.05) is 0 Å². The Morgan fingerprint density at radius 3 is 2.57 bits per heavy atom.